The van der Waals surface area contributed by atoms with Crippen molar-refractivity contribution in [2.24, 2.45) is 4.99 Å². The molecule has 0 fully saturated rings. The molecule has 2 rings (SSSR count). The minimum atomic E-state index is -0.199. The van der Waals surface area contributed by atoms with Crippen molar-refractivity contribution in [3.05, 3.63) is 59.4 Å². The Morgan fingerprint density at radius 3 is 2.38 bits per heavy atom. The third-order valence-corrected chi connectivity index (χ3v) is 3.64. The summed E-state index contributed by atoms with van der Waals surface area (Å²) in [7, 11) is 3.32. The van der Waals surface area contributed by atoms with Gasteiger partial charge in [0, 0.05) is 13.6 Å². The second kappa shape index (κ2) is 11.6. The highest BCUT2D eigenvalue weighted by Gasteiger charge is 2.02. The number of rotatable bonds is 7. The maximum absolute atomic E-state index is 13.5. The van der Waals surface area contributed by atoms with Gasteiger partial charge < -0.3 is 20.1 Å². The van der Waals surface area contributed by atoms with E-state index in [2.05, 4.69) is 15.6 Å². The molecule has 0 spiro atoms. The van der Waals surface area contributed by atoms with Crippen molar-refractivity contribution in [3.63, 3.8) is 0 Å². The van der Waals surface area contributed by atoms with Gasteiger partial charge in [-0.05, 0) is 48.4 Å². The topological polar surface area (TPSA) is 54.9 Å². The molecule has 0 amide bonds. The number of nitrogens with one attached hydrogen (secondary N) is 2. The normalized spacial score (nSPS) is 10.7. The molecule has 26 heavy (non-hydrogen) atoms. The summed E-state index contributed by atoms with van der Waals surface area (Å²) in [6.07, 6.45) is 0. The Kier molecular flexibility index (Phi) is 9.79. The third kappa shape index (κ3) is 7.07. The number of aliphatic imine (C=N–C) groups is 1. The Morgan fingerprint density at radius 1 is 1.08 bits per heavy atom. The SMILES string of the molecule is CN=C(NCCOc1ccc(OC)cc1)NCc1ccc(C)c(F)c1.I. The quantitative estimate of drug-likeness (QED) is 0.280. The highest BCUT2D eigenvalue weighted by molar-refractivity contribution is 14.0. The van der Waals surface area contributed by atoms with Gasteiger partial charge in [-0.2, -0.15) is 0 Å². The van der Waals surface area contributed by atoms with Crippen LogP contribution in [-0.4, -0.2) is 33.3 Å². The molecule has 2 aromatic carbocycles. The molecular formula is C19H25FIN3O2. The van der Waals surface area contributed by atoms with Gasteiger partial charge in [0.1, 0.15) is 23.9 Å². The fraction of sp³-hybridized carbons (Fsp3) is 0.316. The second-order valence-corrected chi connectivity index (χ2v) is 5.46. The molecule has 0 aliphatic rings. The molecule has 0 bridgehead atoms. The van der Waals surface area contributed by atoms with E-state index >= 15 is 0 Å². The van der Waals surface area contributed by atoms with Crippen molar-refractivity contribution in [2.75, 3.05) is 27.3 Å². The zero-order valence-electron chi connectivity index (χ0n) is 15.2. The van der Waals surface area contributed by atoms with E-state index in [1.54, 1.807) is 27.1 Å². The fourth-order valence-corrected chi connectivity index (χ4v) is 2.16. The van der Waals surface area contributed by atoms with E-state index in [0.29, 0.717) is 31.2 Å². The van der Waals surface area contributed by atoms with Gasteiger partial charge in [-0.3, -0.25) is 4.99 Å². The number of benzene rings is 2. The minimum Gasteiger partial charge on any atom is -0.497 e. The Labute approximate surface area is 171 Å². The van der Waals surface area contributed by atoms with E-state index in [1.807, 2.05) is 30.3 Å². The first-order valence-electron chi connectivity index (χ1n) is 8.09. The van der Waals surface area contributed by atoms with Crippen LogP contribution >= 0.6 is 24.0 Å². The number of methoxy groups -OCH3 is 1. The molecule has 0 saturated carbocycles. The van der Waals surface area contributed by atoms with Crippen LogP contribution in [-0.2, 0) is 6.54 Å². The van der Waals surface area contributed by atoms with Gasteiger partial charge in [0.2, 0.25) is 0 Å². The van der Waals surface area contributed by atoms with E-state index in [-0.39, 0.29) is 29.8 Å². The van der Waals surface area contributed by atoms with Crippen LogP contribution in [0.1, 0.15) is 11.1 Å². The van der Waals surface area contributed by atoms with Crippen LogP contribution in [0.4, 0.5) is 4.39 Å². The Bertz CT molecular complexity index is 708. The van der Waals surface area contributed by atoms with E-state index in [1.165, 1.54) is 6.07 Å². The van der Waals surface area contributed by atoms with Gasteiger partial charge in [-0.1, -0.05) is 12.1 Å². The second-order valence-electron chi connectivity index (χ2n) is 5.46. The highest BCUT2D eigenvalue weighted by atomic mass is 127. The maximum atomic E-state index is 13.5. The Balaban J connectivity index is 0.00000338. The summed E-state index contributed by atoms with van der Waals surface area (Å²) in [6, 6.07) is 12.6. The largest absolute Gasteiger partial charge is 0.497 e. The van der Waals surface area contributed by atoms with Gasteiger partial charge in [-0.25, -0.2) is 4.39 Å². The van der Waals surface area contributed by atoms with Gasteiger partial charge in [0.15, 0.2) is 5.96 Å². The van der Waals surface area contributed by atoms with Crippen molar-refractivity contribution in [2.45, 2.75) is 13.5 Å². The Morgan fingerprint density at radius 2 is 1.77 bits per heavy atom. The molecule has 0 atom stereocenters. The molecule has 5 nitrogen and oxygen atoms in total. The van der Waals surface area contributed by atoms with Crippen LogP contribution < -0.4 is 20.1 Å². The highest BCUT2D eigenvalue weighted by Crippen LogP contribution is 2.16. The summed E-state index contributed by atoms with van der Waals surface area (Å²) in [5.74, 6) is 2.01. The first-order chi connectivity index (χ1) is 12.1. The molecule has 0 aromatic heterocycles. The lowest BCUT2D eigenvalue weighted by molar-refractivity contribution is 0.321. The standard InChI is InChI=1S/C19H24FN3O2.HI/c1-14-4-5-15(12-18(14)20)13-23-19(21-2)22-10-11-25-17-8-6-16(24-3)7-9-17;/h4-9,12H,10-11,13H2,1-3H3,(H2,21,22,23);1H. The number of nitrogens with zero attached hydrogens (tertiary/aromatic N) is 1. The van der Waals surface area contributed by atoms with Gasteiger partial charge >= 0.3 is 0 Å². The molecule has 2 N–H and O–H groups in total. The molecule has 0 aliphatic heterocycles. The van der Waals surface area contributed by atoms with Crippen molar-refractivity contribution in [1.29, 1.82) is 0 Å². The number of guanidine groups is 1. The van der Waals surface area contributed by atoms with E-state index < -0.39 is 0 Å². The van der Waals surface area contributed by atoms with Gasteiger partial charge in [0.25, 0.3) is 0 Å². The van der Waals surface area contributed by atoms with Crippen molar-refractivity contribution in [3.8, 4) is 11.5 Å². The predicted octanol–water partition coefficient (Wildman–Crippen LogP) is 3.50. The minimum absolute atomic E-state index is 0. The molecule has 7 heteroatoms. The van der Waals surface area contributed by atoms with Crippen LogP contribution in [0.3, 0.4) is 0 Å². The maximum Gasteiger partial charge on any atom is 0.191 e. The predicted molar refractivity (Wildman–Crippen MR) is 113 cm³/mol. The molecule has 0 aliphatic carbocycles. The van der Waals surface area contributed by atoms with E-state index in [9.17, 15) is 4.39 Å². The number of aryl methyl sites for hydroxylation is 1. The van der Waals surface area contributed by atoms with Crippen LogP contribution in [0.5, 0.6) is 11.5 Å². The lowest BCUT2D eigenvalue weighted by Crippen LogP contribution is -2.38. The average molecular weight is 473 g/mol. The summed E-state index contributed by atoms with van der Waals surface area (Å²) in [5.41, 5.74) is 1.50. The third-order valence-electron chi connectivity index (χ3n) is 3.64. The lowest BCUT2D eigenvalue weighted by atomic mass is 10.1. The summed E-state index contributed by atoms with van der Waals surface area (Å²) < 4.78 is 24.3. The van der Waals surface area contributed by atoms with E-state index in [0.717, 1.165) is 17.1 Å². The molecule has 0 radical (unpaired) electrons. The van der Waals surface area contributed by atoms with Crippen LogP contribution in [0.25, 0.3) is 0 Å². The molecule has 2 aromatic rings. The smallest absolute Gasteiger partial charge is 0.191 e. The van der Waals surface area contributed by atoms with Crippen LogP contribution in [0.2, 0.25) is 0 Å². The number of hydrogen-bond acceptors (Lipinski definition) is 3. The molecule has 142 valence electrons. The summed E-state index contributed by atoms with van der Waals surface area (Å²) in [5, 5.41) is 6.30. The van der Waals surface area contributed by atoms with Gasteiger partial charge in [-0.15, -0.1) is 24.0 Å². The van der Waals surface area contributed by atoms with Crippen molar-refractivity contribution < 1.29 is 13.9 Å². The number of hydrogen-bond donors (Lipinski definition) is 2. The molecule has 0 heterocycles. The molecule has 0 saturated heterocycles. The zero-order chi connectivity index (χ0) is 18.1. The number of ether oxygens (including phenoxy) is 2. The summed E-state index contributed by atoms with van der Waals surface area (Å²) in [4.78, 5) is 4.14. The first kappa shape index (κ1) is 22.0. The Hall–Kier alpha value is -2.03. The van der Waals surface area contributed by atoms with Crippen molar-refractivity contribution in [1.82, 2.24) is 10.6 Å². The molecular weight excluding hydrogens is 448 g/mol. The zero-order valence-corrected chi connectivity index (χ0v) is 17.5. The lowest BCUT2D eigenvalue weighted by Gasteiger charge is -2.13. The fourth-order valence-electron chi connectivity index (χ4n) is 2.16. The molecule has 0 unspecified atom stereocenters. The average Bonchev–Trinajstić information content (AvgIpc) is 2.64. The van der Waals surface area contributed by atoms with Crippen molar-refractivity contribution >= 4 is 29.9 Å². The number of halogens is 2. The first-order valence-corrected chi connectivity index (χ1v) is 8.09. The monoisotopic (exact) mass is 473 g/mol. The van der Waals surface area contributed by atoms with Crippen LogP contribution in [0, 0.1) is 12.7 Å². The van der Waals surface area contributed by atoms with E-state index in [4.69, 9.17) is 9.47 Å². The summed E-state index contributed by atoms with van der Waals surface area (Å²) >= 11 is 0. The summed E-state index contributed by atoms with van der Waals surface area (Å²) in [6.45, 7) is 3.33. The van der Waals surface area contributed by atoms with Crippen LogP contribution in [0.15, 0.2) is 47.5 Å². The van der Waals surface area contributed by atoms with Gasteiger partial charge in [0.05, 0.1) is 13.7 Å².